The number of nitrogens with one attached hydrogen (secondary N) is 2. The van der Waals surface area contributed by atoms with Crippen LogP contribution >= 0.6 is 0 Å². The number of fused-ring (bicyclic) bond motifs is 1. The second-order valence-electron chi connectivity index (χ2n) is 7.28. The van der Waals surface area contributed by atoms with Gasteiger partial charge in [-0.2, -0.15) is 0 Å². The van der Waals surface area contributed by atoms with E-state index in [1.54, 1.807) is 12.3 Å². The van der Waals surface area contributed by atoms with Crippen LogP contribution in [0.1, 0.15) is 30.7 Å². The first-order valence-corrected chi connectivity index (χ1v) is 9.54. The summed E-state index contributed by atoms with van der Waals surface area (Å²) in [6.45, 7) is 1.69. The molecule has 0 spiro atoms. The van der Waals surface area contributed by atoms with E-state index in [-0.39, 0.29) is 17.9 Å². The average Bonchev–Trinajstić information content (AvgIpc) is 3.44. The first-order valence-electron chi connectivity index (χ1n) is 9.54. The largest absolute Gasteiger partial charge is 0.467 e. The summed E-state index contributed by atoms with van der Waals surface area (Å²) >= 11 is 0. The molecule has 7 heteroatoms. The van der Waals surface area contributed by atoms with Gasteiger partial charge in [0.15, 0.2) is 0 Å². The molecular weight excluding hydrogens is 346 g/mol. The van der Waals surface area contributed by atoms with Crippen LogP contribution in [0.25, 0.3) is 0 Å². The molecule has 2 aliphatic heterocycles. The number of aromatic amines is 1. The van der Waals surface area contributed by atoms with Crippen molar-refractivity contribution in [3.05, 3.63) is 48.2 Å². The fraction of sp³-hybridized carbons (Fsp3) is 0.500. The minimum Gasteiger partial charge on any atom is -0.467 e. The molecule has 0 aromatic carbocycles. The van der Waals surface area contributed by atoms with Gasteiger partial charge in [0.05, 0.1) is 18.9 Å². The van der Waals surface area contributed by atoms with Crippen LogP contribution < -0.4 is 5.32 Å². The second-order valence-corrected chi connectivity index (χ2v) is 7.28. The number of hydrogen-bond donors (Lipinski definition) is 2. The van der Waals surface area contributed by atoms with Gasteiger partial charge >= 0.3 is 0 Å². The van der Waals surface area contributed by atoms with Crippen molar-refractivity contribution in [3.8, 4) is 0 Å². The van der Waals surface area contributed by atoms with Crippen LogP contribution in [0.2, 0.25) is 0 Å². The highest BCUT2D eigenvalue weighted by molar-refractivity contribution is 5.81. The molecule has 3 atom stereocenters. The molecule has 144 valence electrons. The molecule has 2 N–H and O–H groups in total. The Balaban J connectivity index is 1.25. The van der Waals surface area contributed by atoms with E-state index in [4.69, 9.17) is 9.15 Å². The van der Waals surface area contributed by atoms with Gasteiger partial charge in [-0.15, -0.1) is 0 Å². The summed E-state index contributed by atoms with van der Waals surface area (Å²) in [5.41, 5.74) is 1.07. The Labute approximate surface area is 158 Å². The number of rotatable bonds is 6. The van der Waals surface area contributed by atoms with E-state index in [2.05, 4.69) is 10.3 Å². The maximum absolute atomic E-state index is 12.5. The zero-order valence-corrected chi connectivity index (χ0v) is 15.2. The quantitative estimate of drug-likeness (QED) is 0.811. The summed E-state index contributed by atoms with van der Waals surface area (Å²) in [6, 6.07) is 7.55. The Hall–Kier alpha value is -2.54. The molecule has 7 nitrogen and oxygen atoms in total. The second kappa shape index (κ2) is 8.00. The molecule has 2 fully saturated rings. The number of carbonyl (C=O) groups excluding carboxylic acids is 2. The molecule has 4 rings (SSSR count). The van der Waals surface area contributed by atoms with Gasteiger partial charge in [-0.25, -0.2) is 0 Å². The molecule has 0 saturated carbocycles. The van der Waals surface area contributed by atoms with Crippen LogP contribution in [0.4, 0.5) is 0 Å². The minimum atomic E-state index is -0.441. The molecular formula is C20H25N3O4. The van der Waals surface area contributed by atoms with Gasteiger partial charge in [-0.05, 0) is 49.4 Å². The number of amides is 2. The van der Waals surface area contributed by atoms with Crippen LogP contribution in [0.3, 0.4) is 0 Å². The van der Waals surface area contributed by atoms with E-state index in [0.29, 0.717) is 25.4 Å². The number of piperidine rings is 1. The van der Waals surface area contributed by atoms with Crippen molar-refractivity contribution < 1.29 is 18.7 Å². The monoisotopic (exact) mass is 371 g/mol. The maximum Gasteiger partial charge on any atom is 0.249 e. The van der Waals surface area contributed by atoms with Crippen molar-refractivity contribution in [2.24, 2.45) is 5.92 Å². The molecule has 0 unspecified atom stereocenters. The third-order valence-electron chi connectivity index (χ3n) is 5.48. The van der Waals surface area contributed by atoms with Gasteiger partial charge in [0, 0.05) is 31.4 Å². The minimum absolute atomic E-state index is 0.0486. The summed E-state index contributed by atoms with van der Waals surface area (Å²) in [5, 5.41) is 2.86. The molecule has 2 saturated heterocycles. The maximum atomic E-state index is 12.5. The lowest BCUT2D eigenvalue weighted by Gasteiger charge is -2.34. The lowest BCUT2D eigenvalue weighted by Crippen LogP contribution is -2.45. The third kappa shape index (κ3) is 4.24. The van der Waals surface area contributed by atoms with Gasteiger partial charge in [-0.3, -0.25) is 9.59 Å². The molecule has 2 amide bonds. The smallest absolute Gasteiger partial charge is 0.249 e. The number of likely N-dealkylation sites (tertiary alicyclic amines) is 1. The number of aryl methyl sites for hydroxylation is 1. The lowest BCUT2D eigenvalue weighted by molar-refractivity contribution is -0.138. The summed E-state index contributed by atoms with van der Waals surface area (Å²) < 4.78 is 11.2. The Bertz CT molecular complexity index is 708. The Kier molecular flexibility index (Phi) is 5.29. The fourth-order valence-corrected chi connectivity index (χ4v) is 3.95. The highest BCUT2D eigenvalue weighted by atomic mass is 16.5. The van der Waals surface area contributed by atoms with Crippen molar-refractivity contribution in [3.63, 3.8) is 0 Å². The first-order chi connectivity index (χ1) is 13.2. The standard InChI is InChI=1S/C20H25N3O4/c24-19(6-5-15-3-1-8-21-15)23-9-7-14-11-17(27-18(14)13-23)20(25)22-12-16-4-2-10-26-16/h1-4,8,10,14,17-18,21H,5-7,9,11-13H2,(H,22,25)/t14-,17-,18+/m0/s1. The number of aromatic nitrogens is 1. The number of ether oxygens (including phenoxy) is 1. The number of furan rings is 1. The Morgan fingerprint density at radius 2 is 2.22 bits per heavy atom. The summed E-state index contributed by atoms with van der Waals surface area (Å²) in [4.78, 5) is 29.9. The van der Waals surface area contributed by atoms with E-state index < -0.39 is 6.10 Å². The molecule has 0 bridgehead atoms. The molecule has 2 aromatic rings. The number of H-pyrrole nitrogens is 1. The van der Waals surface area contributed by atoms with Crippen LogP contribution in [0.15, 0.2) is 41.1 Å². The number of carbonyl (C=O) groups is 2. The van der Waals surface area contributed by atoms with Crippen molar-refractivity contribution in [1.82, 2.24) is 15.2 Å². The number of nitrogens with zero attached hydrogens (tertiary/aromatic N) is 1. The van der Waals surface area contributed by atoms with E-state index in [1.807, 2.05) is 29.3 Å². The van der Waals surface area contributed by atoms with E-state index in [9.17, 15) is 9.59 Å². The van der Waals surface area contributed by atoms with E-state index >= 15 is 0 Å². The van der Waals surface area contributed by atoms with E-state index in [1.165, 1.54) is 0 Å². The molecule has 4 heterocycles. The third-order valence-corrected chi connectivity index (χ3v) is 5.48. The average molecular weight is 371 g/mol. The summed E-state index contributed by atoms with van der Waals surface area (Å²) in [5.74, 6) is 1.11. The summed E-state index contributed by atoms with van der Waals surface area (Å²) in [6.07, 6.45) is 5.79. The predicted octanol–water partition coefficient (Wildman–Crippen LogP) is 1.86. The summed E-state index contributed by atoms with van der Waals surface area (Å²) in [7, 11) is 0. The van der Waals surface area contributed by atoms with Crippen molar-refractivity contribution >= 4 is 11.8 Å². The first kappa shape index (κ1) is 17.9. The highest BCUT2D eigenvalue weighted by Gasteiger charge is 2.42. The highest BCUT2D eigenvalue weighted by Crippen LogP contribution is 2.33. The Morgan fingerprint density at radius 3 is 3.00 bits per heavy atom. The SMILES string of the molecule is O=C(NCc1ccco1)[C@@H]1C[C@@H]2CCN(C(=O)CCc3ccc[nH]3)C[C@H]2O1. The van der Waals surface area contributed by atoms with Crippen LogP contribution in [0, 0.1) is 5.92 Å². The zero-order chi connectivity index (χ0) is 18.6. The van der Waals surface area contributed by atoms with Crippen molar-refractivity contribution in [2.75, 3.05) is 13.1 Å². The van der Waals surface area contributed by atoms with E-state index in [0.717, 1.165) is 37.3 Å². The molecule has 0 aliphatic carbocycles. The Morgan fingerprint density at radius 1 is 1.30 bits per heavy atom. The van der Waals surface area contributed by atoms with Crippen LogP contribution in [-0.2, 0) is 27.3 Å². The lowest BCUT2D eigenvalue weighted by atomic mass is 9.91. The normalized spacial score (nSPS) is 24.6. The molecule has 2 aliphatic rings. The van der Waals surface area contributed by atoms with Crippen LogP contribution in [0.5, 0.6) is 0 Å². The van der Waals surface area contributed by atoms with Crippen molar-refractivity contribution in [2.45, 2.75) is 44.4 Å². The van der Waals surface area contributed by atoms with Gasteiger partial charge < -0.3 is 24.4 Å². The van der Waals surface area contributed by atoms with Gasteiger partial charge in [0.1, 0.15) is 11.9 Å². The zero-order valence-electron chi connectivity index (χ0n) is 15.2. The number of hydrogen-bond acceptors (Lipinski definition) is 4. The van der Waals surface area contributed by atoms with Gasteiger partial charge in [-0.1, -0.05) is 0 Å². The topological polar surface area (TPSA) is 87.6 Å². The molecule has 2 aromatic heterocycles. The molecule has 0 radical (unpaired) electrons. The van der Waals surface area contributed by atoms with Crippen LogP contribution in [-0.4, -0.2) is 47.0 Å². The predicted molar refractivity (Wildman–Crippen MR) is 97.6 cm³/mol. The van der Waals surface area contributed by atoms with Gasteiger partial charge in [0.2, 0.25) is 11.8 Å². The van der Waals surface area contributed by atoms with Gasteiger partial charge in [0.25, 0.3) is 0 Å². The van der Waals surface area contributed by atoms with Crippen molar-refractivity contribution in [1.29, 1.82) is 0 Å². The molecule has 27 heavy (non-hydrogen) atoms. The fourth-order valence-electron chi connectivity index (χ4n) is 3.95.